The zero-order chi connectivity index (χ0) is 12.5. The van der Waals surface area contributed by atoms with Crippen molar-refractivity contribution in [3.8, 4) is 0 Å². The van der Waals surface area contributed by atoms with Gasteiger partial charge in [-0.25, -0.2) is 4.39 Å². The lowest BCUT2D eigenvalue weighted by Crippen LogP contribution is -2.36. The second-order valence-electron chi connectivity index (χ2n) is 5.16. The molecule has 1 unspecified atom stereocenters. The van der Waals surface area contributed by atoms with Crippen molar-refractivity contribution in [2.24, 2.45) is 0 Å². The first-order chi connectivity index (χ1) is 8.72. The molecule has 18 heavy (non-hydrogen) atoms. The summed E-state index contributed by atoms with van der Waals surface area (Å²) in [4.78, 5) is 11.6. The third kappa shape index (κ3) is 2.53. The summed E-state index contributed by atoms with van der Waals surface area (Å²) >= 11 is 0. The summed E-state index contributed by atoms with van der Waals surface area (Å²) in [5, 5.41) is 6.21. The summed E-state index contributed by atoms with van der Waals surface area (Å²) in [6, 6.07) is 5.51. The van der Waals surface area contributed by atoms with E-state index in [4.69, 9.17) is 0 Å². The molecule has 1 saturated carbocycles. The van der Waals surface area contributed by atoms with E-state index in [1.165, 1.54) is 6.07 Å². The molecule has 1 atom stereocenters. The Kier molecular flexibility index (Phi) is 3.04. The Morgan fingerprint density at radius 1 is 1.33 bits per heavy atom. The normalized spacial score (nSPS) is 21.7. The quantitative estimate of drug-likeness (QED) is 0.851. The predicted octanol–water partition coefficient (Wildman–Crippen LogP) is 1.68. The Morgan fingerprint density at radius 2 is 2.17 bits per heavy atom. The lowest BCUT2D eigenvalue weighted by atomic mass is 10.1. The summed E-state index contributed by atoms with van der Waals surface area (Å²) < 4.78 is 13.1. The lowest BCUT2D eigenvalue weighted by molar-refractivity contribution is -0.120. The highest BCUT2D eigenvalue weighted by Gasteiger charge is 2.25. The third-order valence-corrected chi connectivity index (χ3v) is 3.63. The molecule has 1 amide bonds. The standard InChI is InChI=1S/C14H17FN2O/c15-10-2-5-12-9(7-10)1-6-13(12)16-8-14(18)17-11-3-4-11/h2,5,7,11,13,16H,1,3-4,6,8H2,(H,17,18). The molecule has 1 aromatic carbocycles. The van der Waals surface area contributed by atoms with Gasteiger partial charge >= 0.3 is 0 Å². The number of aryl methyl sites for hydroxylation is 1. The number of rotatable bonds is 4. The first-order valence-corrected chi connectivity index (χ1v) is 6.53. The van der Waals surface area contributed by atoms with E-state index in [9.17, 15) is 9.18 Å². The Morgan fingerprint density at radius 3 is 2.94 bits per heavy atom. The third-order valence-electron chi connectivity index (χ3n) is 3.63. The molecule has 2 aliphatic carbocycles. The molecular weight excluding hydrogens is 231 g/mol. The number of fused-ring (bicyclic) bond motifs is 1. The number of amides is 1. The van der Waals surface area contributed by atoms with Crippen LogP contribution in [0.3, 0.4) is 0 Å². The van der Waals surface area contributed by atoms with Crippen LogP contribution in [0.1, 0.15) is 36.4 Å². The number of carbonyl (C=O) groups is 1. The topological polar surface area (TPSA) is 41.1 Å². The molecule has 1 fully saturated rings. The summed E-state index contributed by atoms with van der Waals surface area (Å²) in [6.07, 6.45) is 4.04. The van der Waals surface area contributed by atoms with Gasteiger partial charge < -0.3 is 10.6 Å². The predicted molar refractivity (Wildman–Crippen MR) is 66.6 cm³/mol. The molecular formula is C14H17FN2O. The molecule has 0 aliphatic heterocycles. The Hall–Kier alpha value is -1.42. The molecule has 0 spiro atoms. The number of benzene rings is 1. The number of halogens is 1. The van der Waals surface area contributed by atoms with Gasteiger partial charge in [0.25, 0.3) is 0 Å². The van der Waals surface area contributed by atoms with Gasteiger partial charge in [-0.15, -0.1) is 0 Å². The van der Waals surface area contributed by atoms with Crippen molar-refractivity contribution in [3.05, 3.63) is 35.1 Å². The molecule has 0 aromatic heterocycles. The summed E-state index contributed by atoms with van der Waals surface area (Å²) in [5.74, 6) is -0.117. The van der Waals surface area contributed by atoms with E-state index >= 15 is 0 Å². The van der Waals surface area contributed by atoms with E-state index in [2.05, 4.69) is 10.6 Å². The minimum atomic E-state index is -0.180. The maximum Gasteiger partial charge on any atom is 0.234 e. The zero-order valence-corrected chi connectivity index (χ0v) is 10.2. The van der Waals surface area contributed by atoms with Crippen molar-refractivity contribution in [1.82, 2.24) is 10.6 Å². The van der Waals surface area contributed by atoms with Gasteiger partial charge in [0.1, 0.15) is 5.82 Å². The maximum absolute atomic E-state index is 13.1. The first-order valence-electron chi connectivity index (χ1n) is 6.53. The molecule has 96 valence electrons. The van der Waals surface area contributed by atoms with Crippen LogP contribution >= 0.6 is 0 Å². The number of carbonyl (C=O) groups excluding carboxylic acids is 1. The minimum absolute atomic E-state index is 0.0630. The second kappa shape index (κ2) is 4.69. The lowest BCUT2D eigenvalue weighted by Gasteiger charge is -2.13. The molecule has 2 aliphatic rings. The molecule has 3 nitrogen and oxygen atoms in total. The fourth-order valence-corrected chi connectivity index (χ4v) is 2.52. The van der Waals surface area contributed by atoms with Crippen molar-refractivity contribution in [1.29, 1.82) is 0 Å². The molecule has 3 rings (SSSR count). The molecule has 4 heteroatoms. The highest BCUT2D eigenvalue weighted by atomic mass is 19.1. The zero-order valence-electron chi connectivity index (χ0n) is 10.2. The van der Waals surface area contributed by atoms with Gasteiger partial charge in [-0.2, -0.15) is 0 Å². The minimum Gasteiger partial charge on any atom is -0.352 e. The van der Waals surface area contributed by atoms with E-state index in [-0.39, 0.29) is 17.8 Å². The molecule has 1 aromatic rings. The SMILES string of the molecule is O=C(CNC1CCc2cc(F)ccc21)NC1CC1. The highest BCUT2D eigenvalue weighted by molar-refractivity contribution is 5.78. The van der Waals surface area contributed by atoms with E-state index in [1.807, 2.05) is 6.07 Å². The first kappa shape index (κ1) is 11.7. The van der Waals surface area contributed by atoms with E-state index in [0.717, 1.165) is 36.8 Å². The van der Waals surface area contributed by atoms with Crippen LogP contribution in [-0.2, 0) is 11.2 Å². The Balaban J connectivity index is 1.57. The molecule has 2 N–H and O–H groups in total. The summed E-state index contributed by atoms with van der Waals surface area (Å²) in [6.45, 7) is 0.345. The number of nitrogens with one attached hydrogen (secondary N) is 2. The second-order valence-corrected chi connectivity index (χ2v) is 5.16. The number of hydrogen-bond donors (Lipinski definition) is 2. The van der Waals surface area contributed by atoms with Crippen LogP contribution in [0.2, 0.25) is 0 Å². The Labute approximate surface area is 106 Å². The molecule has 0 bridgehead atoms. The van der Waals surface area contributed by atoms with Crippen molar-refractivity contribution >= 4 is 5.91 Å². The van der Waals surface area contributed by atoms with Gasteiger partial charge in [0.2, 0.25) is 5.91 Å². The van der Waals surface area contributed by atoms with Crippen LogP contribution in [0.5, 0.6) is 0 Å². The fraction of sp³-hybridized carbons (Fsp3) is 0.500. The summed E-state index contributed by atoms with van der Waals surface area (Å²) in [7, 11) is 0. The van der Waals surface area contributed by atoms with Crippen LogP contribution in [0, 0.1) is 5.82 Å². The van der Waals surface area contributed by atoms with Crippen LogP contribution < -0.4 is 10.6 Å². The molecule has 0 radical (unpaired) electrons. The van der Waals surface area contributed by atoms with Gasteiger partial charge in [-0.1, -0.05) is 6.07 Å². The van der Waals surface area contributed by atoms with Gasteiger partial charge in [-0.3, -0.25) is 4.79 Å². The van der Waals surface area contributed by atoms with E-state index in [0.29, 0.717) is 12.6 Å². The smallest absolute Gasteiger partial charge is 0.234 e. The van der Waals surface area contributed by atoms with Crippen molar-refractivity contribution in [3.63, 3.8) is 0 Å². The van der Waals surface area contributed by atoms with Crippen molar-refractivity contribution in [2.45, 2.75) is 37.8 Å². The van der Waals surface area contributed by atoms with E-state index < -0.39 is 0 Å². The average molecular weight is 248 g/mol. The van der Waals surface area contributed by atoms with Crippen molar-refractivity contribution < 1.29 is 9.18 Å². The monoisotopic (exact) mass is 248 g/mol. The van der Waals surface area contributed by atoms with Crippen LogP contribution in [0.4, 0.5) is 4.39 Å². The molecule has 0 heterocycles. The van der Waals surface area contributed by atoms with Gasteiger partial charge in [0.15, 0.2) is 0 Å². The average Bonchev–Trinajstić information content (AvgIpc) is 3.06. The van der Waals surface area contributed by atoms with Crippen LogP contribution in [0.15, 0.2) is 18.2 Å². The van der Waals surface area contributed by atoms with Gasteiger partial charge in [-0.05, 0) is 48.9 Å². The molecule has 0 saturated heterocycles. The fourth-order valence-electron chi connectivity index (χ4n) is 2.52. The highest BCUT2D eigenvalue weighted by Crippen LogP contribution is 2.31. The van der Waals surface area contributed by atoms with E-state index in [1.54, 1.807) is 6.07 Å². The van der Waals surface area contributed by atoms with Gasteiger partial charge in [0.05, 0.1) is 6.54 Å². The van der Waals surface area contributed by atoms with Crippen molar-refractivity contribution in [2.75, 3.05) is 6.54 Å². The number of hydrogen-bond acceptors (Lipinski definition) is 2. The largest absolute Gasteiger partial charge is 0.352 e. The van der Waals surface area contributed by atoms with Gasteiger partial charge in [0, 0.05) is 12.1 Å². The summed E-state index contributed by atoms with van der Waals surface area (Å²) in [5.41, 5.74) is 2.20. The Bertz CT molecular complexity index is 471. The van der Waals surface area contributed by atoms with Crippen LogP contribution in [-0.4, -0.2) is 18.5 Å². The maximum atomic E-state index is 13.1. The van der Waals surface area contributed by atoms with Crippen LogP contribution in [0.25, 0.3) is 0 Å².